The van der Waals surface area contributed by atoms with Crippen LogP contribution in [-0.2, 0) is 0 Å². The van der Waals surface area contributed by atoms with E-state index in [1.165, 1.54) is 13.2 Å². The number of pyridine rings is 1. The second kappa shape index (κ2) is 9.18. The van der Waals surface area contributed by atoms with E-state index in [-0.39, 0.29) is 11.4 Å². The van der Waals surface area contributed by atoms with Crippen molar-refractivity contribution in [1.29, 1.82) is 0 Å². The molecule has 9 heteroatoms. The lowest BCUT2D eigenvalue weighted by molar-refractivity contribution is 0.315. The lowest BCUT2D eigenvalue weighted by Crippen LogP contribution is -2.31. The monoisotopic (exact) mass is 459 g/mol. The van der Waals surface area contributed by atoms with E-state index in [9.17, 15) is 4.39 Å². The Bertz CT molecular complexity index is 1310. The summed E-state index contributed by atoms with van der Waals surface area (Å²) in [4.78, 5) is 18.2. The SMILES string of the molecule is COc1cccc(F)c1-c1nccc(-c2cnn(-c3cccc(N4CCC(N(C)C)C4)n3)c2)n1. The van der Waals surface area contributed by atoms with E-state index in [4.69, 9.17) is 9.72 Å². The first-order valence-electron chi connectivity index (χ1n) is 11.1. The molecule has 34 heavy (non-hydrogen) atoms. The van der Waals surface area contributed by atoms with Crippen LogP contribution in [0.5, 0.6) is 5.75 Å². The van der Waals surface area contributed by atoms with Gasteiger partial charge in [-0.1, -0.05) is 12.1 Å². The van der Waals surface area contributed by atoms with Gasteiger partial charge in [0, 0.05) is 37.1 Å². The summed E-state index contributed by atoms with van der Waals surface area (Å²) >= 11 is 0. The van der Waals surface area contributed by atoms with E-state index >= 15 is 0 Å². The molecule has 8 nitrogen and oxygen atoms in total. The number of halogens is 1. The molecule has 0 amide bonds. The second-order valence-corrected chi connectivity index (χ2v) is 8.46. The maximum Gasteiger partial charge on any atom is 0.166 e. The van der Waals surface area contributed by atoms with Gasteiger partial charge >= 0.3 is 0 Å². The summed E-state index contributed by atoms with van der Waals surface area (Å²) in [6, 6.07) is 12.9. The molecule has 0 saturated carbocycles. The Hall–Kier alpha value is -3.85. The minimum atomic E-state index is -0.438. The molecule has 1 atom stereocenters. The Morgan fingerprint density at radius 3 is 2.68 bits per heavy atom. The quantitative estimate of drug-likeness (QED) is 0.436. The molecule has 0 aliphatic carbocycles. The minimum absolute atomic E-state index is 0.232. The Kier molecular flexibility index (Phi) is 5.93. The zero-order valence-electron chi connectivity index (χ0n) is 19.4. The van der Waals surface area contributed by atoms with Crippen LogP contribution in [0.2, 0.25) is 0 Å². The lowest BCUT2D eigenvalue weighted by Gasteiger charge is -2.21. The molecule has 4 heterocycles. The lowest BCUT2D eigenvalue weighted by atomic mass is 10.1. The summed E-state index contributed by atoms with van der Waals surface area (Å²) < 4.78 is 21.6. The second-order valence-electron chi connectivity index (χ2n) is 8.46. The van der Waals surface area contributed by atoms with E-state index in [1.807, 2.05) is 24.4 Å². The molecule has 0 radical (unpaired) electrons. The summed E-state index contributed by atoms with van der Waals surface area (Å²) in [6.45, 7) is 1.93. The largest absolute Gasteiger partial charge is 0.496 e. The van der Waals surface area contributed by atoms with Gasteiger partial charge in [0.2, 0.25) is 0 Å². The number of ether oxygens (including phenoxy) is 1. The smallest absolute Gasteiger partial charge is 0.166 e. The van der Waals surface area contributed by atoms with Crippen LogP contribution in [0.1, 0.15) is 6.42 Å². The predicted molar refractivity (Wildman–Crippen MR) is 129 cm³/mol. The number of methoxy groups -OCH3 is 1. The first kappa shape index (κ1) is 22.0. The molecule has 4 aromatic rings. The summed E-state index contributed by atoms with van der Waals surface area (Å²) in [5, 5.41) is 4.50. The van der Waals surface area contributed by atoms with Gasteiger partial charge in [-0.3, -0.25) is 0 Å². The Morgan fingerprint density at radius 2 is 1.88 bits per heavy atom. The van der Waals surface area contributed by atoms with Crippen LogP contribution in [0.15, 0.2) is 61.1 Å². The van der Waals surface area contributed by atoms with Gasteiger partial charge in [-0.15, -0.1) is 0 Å². The highest BCUT2D eigenvalue weighted by atomic mass is 19.1. The number of nitrogens with zero attached hydrogens (tertiary/aromatic N) is 7. The first-order chi connectivity index (χ1) is 16.5. The zero-order chi connectivity index (χ0) is 23.7. The van der Waals surface area contributed by atoms with Gasteiger partial charge in [-0.25, -0.2) is 24.0 Å². The fourth-order valence-electron chi connectivity index (χ4n) is 4.20. The Labute approximate surface area is 197 Å². The molecule has 1 aliphatic rings. The third-order valence-electron chi connectivity index (χ3n) is 6.12. The standard InChI is InChI=1S/C25H26FN7O/c1-31(2)18-11-13-32(16-18)22-8-5-9-23(30-22)33-15-17(14-28-33)20-10-12-27-25(29-20)24-19(26)6-4-7-21(24)34-3/h4-10,12,14-15,18H,11,13,16H2,1-3H3. The van der Waals surface area contributed by atoms with Crippen molar-refractivity contribution in [2.24, 2.45) is 0 Å². The molecule has 1 unspecified atom stereocenters. The molecule has 1 aromatic carbocycles. The van der Waals surface area contributed by atoms with Crippen molar-refractivity contribution in [3.63, 3.8) is 0 Å². The number of hydrogen-bond donors (Lipinski definition) is 0. The van der Waals surface area contributed by atoms with Crippen LogP contribution in [0.4, 0.5) is 10.2 Å². The highest BCUT2D eigenvalue weighted by molar-refractivity contribution is 5.68. The first-order valence-corrected chi connectivity index (χ1v) is 11.1. The molecule has 5 rings (SSSR count). The van der Waals surface area contributed by atoms with Crippen LogP contribution in [-0.4, -0.2) is 70.0 Å². The molecule has 1 saturated heterocycles. The van der Waals surface area contributed by atoms with Crippen molar-refractivity contribution < 1.29 is 9.13 Å². The van der Waals surface area contributed by atoms with Crippen LogP contribution in [0.3, 0.4) is 0 Å². The number of aromatic nitrogens is 5. The van der Waals surface area contributed by atoms with Crippen molar-refractivity contribution in [2.45, 2.75) is 12.5 Å². The van der Waals surface area contributed by atoms with Gasteiger partial charge in [0.1, 0.15) is 17.4 Å². The number of benzene rings is 1. The third kappa shape index (κ3) is 4.22. The molecular weight excluding hydrogens is 433 g/mol. The average molecular weight is 460 g/mol. The molecule has 0 spiro atoms. The van der Waals surface area contributed by atoms with Crippen LogP contribution >= 0.6 is 0 Å². The highest BCUT2D eigenvalue weighted by Gasteiger charge is 2.25. The average Bonchev–Trinajstić information content (AvgIpc) is 3.55. The maximum atomic E-state index is 14.5. The molecule has 1 fully saturated rings. The summed E-state index contributed by atoms with van der Waals surface area (Å²) in [5.74, 6) is 1.86. The van der Waals surface area contributed by atoms with Gasteiger partial charge in [0.15, 0.2) is 11.6 Å². The summed E-state index contributed by atoms with van der Waals surface area (Å²) in [7, 11) is 5.73. The normalized spacial score (nSPS) is 15.8. The number of likely N-dealkylation sites (N-methyl/N-ethyl adjacent to an activating group) is 1. The predicted octanol–water partition coefficient (Wildman–Crippen LogP) is 3.68. The fraction of sp³-hybridized carbons (Fsp3) is 0.280. The molecule has 1 aliphatic heterocycles. The number of hydrogen-bond acceptors (Lipinski definition) is 7. The maximum absolute atomic E-state index is 14.5. The molecule has 174 valence electrons. The van der Waals surface area contributed by atoms with E-state index in [1.54, 1.807) is 35.3 Å². The van der Waals surface area contributed by atoms with E-state index in [0.717, 1.165) is 36.7 Å². The van der Waals surface area contributed by atoms with Crippen LogP contribution in [0, 0.1) is 5.82 Å². The van der Waals surface area contributed by atoms with Crippen LogP contribution < -0.4 is 9.64 Å². The Morgan fingerprint density at radius 1 is 1.06 bits per heavy atom. The molecule has 0 bridgehead atoms. The Balaban J connectivity index is 1.42. The van der Waals surface area contributed by atoms with Crippen molar-refractivity contribution in [3.05, 3.63) is 66.9 Å². The van der Waals surface area contributed by atoms with E-state index < -0.39 is 5.82 Å². The summed E-state index contributed by atoms with van der Waals surface area (Å²) in [6.07, 6.45) is 6.31. The zero-order valence-corrected chi connectivity index (χ0v) is 19.4. The van der Waals surface area contributed by atoms with E-state index in [2.05, 4.69) is 39.0 Å². The topological polar surface area (TPSA) is 72.2 Å². The van der Waals surface area contributed by atoms with Gasteiger partial charge < -0.3 is 14.5 Å². The molecule has 0 N–H and O–H groups in total. The number of anilines is 1. The van der Waals surface area contributed by atoms with Gasteiger partial charge in [0.25, 0.3) is 0 Å². The van der Waals surface area contributed by atoms with Gasteiger partial charge in [-0.2, -0.15) is 5.10 Å². The van der Waals surface area contributed by atoms with Crippen molar-refractivity contribution in [3.8, 4) is 34.2 Å². The van der Waals surface area contributed by atoms with Crippen LogP contribution in [0.25, 0.3) is 28.5 Å². The van der Waals surface area contributed by atoms with Crippen molar-refractivity contribution >= 4 is 5.82 Å². The molecular formula is C25H26FN7O. The molecule has 3 aromatic heterocycles. The minimum Gasteiger partial charge on any atom is -0.496 e. The highest BCUT2D eigenvalue weighted by Crippen LogP contribution is 2.31. The van der Waals surface area contributed by atoms with Gasteiger partial charge in [0.05, 0.1) is 24.6 Å². The van der Waals surface area contributed by atoms with Crippen molar-refractivity contribution in [1.82, 2.24) is 29.6 Å². The fourth-order valence-corrected chi connectivity index (χ4v) is 4.20. The third-order valence-corrected chi connectivity index (χ3v) is 6.12. The van der Waals surface area contributed by atoms with Gasteiger partial charge in [-0.05, 0) is 50.8 Å². The van der Waals surface area contributed by atoms with Crippen molar-refractivity contribution in [2.75, 3.05) is 39.2 Å². The summed E-state index contributed by atoms with van der Waals surface area (Å²) in [5.41, 5.74) is 1.64. The van der Waals surface area contributed by atoms with E-state index in [0.29, 0.717) is 17.5 Å². The number of rotatable bonds is 6.